The molecule has 222 valence electrons. The minimum atomic E-state index is -4.95. The minimum absolute atomic E-state index is 0.101. The summed E-state index contributed by atoms with van der Waals surface area (Å²) in [6.45, 7) is 5.87. The van der Waals surface area contributed by atoms with Crippen LogP contribution in [0.4, 0.5) is 38.0 Å². The molecule has 0 N–H and O–H groups in total. The lowest BCUT2D eigenvalue weighted by Gasteiger charge is -2.34. The normalized spacial score (nSPS) is 19.8. The Morgan fingerprint density at radius 2 is 1.66 bits per heavy atom. The van der Waals surface area contributed by atoms with Gasteiger partial charge < -0.3 is 14.5 Å². The number of aromatic nitrogens is 4. The lowest BCUT2D eigenvalue weighted by Crippen LogP contribution is -2.34. The minimum Gasteiger partial charge on any atom is -0.376 e. The molecule has 1 aromatic heterocycles. The number of hydrogen-bond acceptors (Lipinski definition) is 6. The largest absolute Gasteiger partial charge is 0.416 e. The van der Waals surface area contributed by atoms with Gasteiger partial charge in [-0.25, -0.2) is 0 Å². The number of ether oxygens (including phenoxy) is 1. The molecule has 0 radical (unpaired) electrons. The molecule has 0 spiro atoms. The van der Waals surface area contributed by atoms with E-state index in [4.69, 9.17) is 4.74 Å². The first kappa shape index (κ1) is 29.2. The summed E-state index contributed by atoms with van der Waals surface area (Å²) < 4.78 is 87.9. The number of aryl methyl sites for hydroxylation is 3. The summed E-state index contributed by atoms with van der Waals surface area (Å²) in [6.07, 6.45) is -6.51. The molecule has 3 heterocycles. The summed E-state index contributed by atoms with van der Waals surface area (Å²) in [5, 5.41) is 12.4. The number of halogens is 6. The van der Waals surface area contributed by atoms with Gasteiger partial charge >= 0.3 is 12.4 Å². The van der Waals surface area contributed by atoms with E-state index in [9.17, 15) is 26.3 Å². The van der Waals surface area contributed by atoms with Crippen molar-refractivity contribution >= 4 is 11.6 Å². The third-order valence-electron chi connectivity index (χ3n) is 7.63. The number of anilines is 2. The van der Waals surface area contributed by atoms with Crippen LogP contribution in [0.1, 0.15) is 65.1 Å². The molecule has 13 heteroatoms. The summed E-state index contributed by atoms with van der Waals surface area (Å²) in [5.74, 6) is 0.126. The lowest BCUT2D eigenvalue weighted by atomic mass is 9.94. The van der Waals surface area contributed by atoms with Gasteiger partial charge in [-0.2, -0.15) is 31.1 Å². The Morgan fingerprint density at radius 1 is 0.951 bits per heavy atom. The summed E-state index contributed by atoms with van der Waals surface area (Å²) in [4.78, 5) is 5.20. The van der Waals surface area contributed by atoms with E-state index in [1.165, 1.54) is 4.80 Å². The van der Waals surface area contributed by atoms with Crippen LogP contribution in [0.3, 0.4) is 0 Å². The van der Waals surface area contributed by atoms with E-state index in [1.807, 2.05) is 19.9 Å². The van der Waals surface area contributed by atoms with Gasteiger partial charge in [-0.3, -0.25) is 0 Å². The van der Waals surface area contributed by atoms with Gasteiger partial charge in [0.1, 0.15) is 0 Å². The number of fused-ring (bicyclic) bond motifs is 1. The van der Waals surface area contributed by atoms with Gasteiger partial charge in [-0.1, -0.05) is 22.8 Å². The molecule has 2 aliphatic rings. The van der Waals surface area contributed by atoms with E-state index in [1.54, 1.807) is 11.9 Å². The van der Waals surface area contributed by atoms with Gasteiger partial charge in [0.15, 0.2) is 0 Å². The number of nitrogens with zero attached hydrogens (tertiary/aromatic N) is 6. The molecular formula is C28H32F6N6O. The third kappa shape index (κ3) is 6.44. The highest BCUT2D eigenvalue weighted by molar-refractivity contribution is 5.64. The molecule has 2 aromatic carbocycles. The Balaban J connectivity index is 1.61. The Morgan fingerprint density at radius 3 is 2.24 bits per heavy atom. The van der Waals surface area contributed by atoms with Crippen LogP contribution in [-0.4, -0.2) is 46.0 Å². The van der Waals surface area contributed by atoms with Gasteiger partial charge in [0.2, 0.25) is 0 Å². The van der Waals surface area contributed by atoms with Crippen LogP contribution in [0.25, 0.3) is 0 Å². The molecule has 0 bridgehead atoms. The highest BCUT2D eigenvalue weighted by Crippen LogP contribution is 2.42. The first-order valence-electron chi connectivity index (χ1n) is 13.6. The Bertz CT molecular complexity index is 1350. The van der Waals surface area contributed by atoms with Crippen molar-refractivity contribution in [1.82, 2.24) is 20.2 Å². The predicted octanol–water partition coefficient (Wildman–Crippen LogP) is 6.39. The van der Waals surface area contributed by atoms with E-state index in [0.717, 1.165) is 66.9 Å². The second-order valence-electron chi connectivity index (χ2n) is 10.9. The quantitative estimate of drug-likeness (QED) is 0.314. The molecule has 2 atom stereocenters. The molecule has 7 nitrogen and oxygen atoms in total. The van der Waals surface area contributed by atoms with Crippen LogP contribution in [-0.2, 0) is 30.7 Å². The Labute approximate surface area is 234 Å². The summed E-state index contributed by atoms with van der Waals surface area (Å²) in [6, 6.07) is 5.37. The molecule has 5 rings (SSSR count). The van der Waals surface area contributed by atoms with Crippen LogP contribution < -0.4 is 9.80 Å². The standard InChI is InChI=1S/C28H32F6N6O/c1-17-10-18(2)25-23(11-17)24(7-4-8-39(25)16-22-6-5-9-41-22)40(26-35-37-38(3)36-26)15-19-12-20(27(29,30)31)14-21(13-19)28(32,33)34/h10-14,22,24H,4-9,15-16H2,1-3H3/t22-,24?/m1/s1. The van der Waals surface area contributed by atoms with Crippen molar-refractivity contribution in [1.29, 1.82) is 0 Å². The fraction of sp³-hybridized carbons (Fsp3) is 0.536. The van der Waals surface area contributed by atoms with E-state index in [0.29, 0.717) is 13.0 Å². The van der Waals surface area contributed by atoms with Crippen molar-refractivity contribution < 1.29 is 31.1 Å². The van der Waals surface area contributed by atoms with Crippen molar-refractivity contribution in [3.63, 3.8) is 0 Å². The molecular weight excluding hydrogens is 550 g/mol. The first-order chi connectivity index (χ1) is 19.3. The van der Waals surface area contributed by atoms with Crippen LogP contribution in [0.2, 0.25) is 0 Å². The van der Waals surface area contributed by atoms with E-state index in [-0.39, 0.29) is 30.2 Å². The molecule has 1 fully saturated rings. The van der Waals surface area contributed by atoms with Crippen LogP contribution in [0.15, 0.2) is 30.3 Å². The fourth-order valence-corrected chi connectivity index (χ4v) is 5.98. The van der Waals surface area contributed by atoms with Gasteiger partial charge in [-0.15, -0.1) is 5.10 Å². The molecule has 1 saturated heterocycles. The van der Waals surface area contributed by atoms with Crippen molar-refractivity contribution in [2.24, 2.45) is 7.05 Å². The fourth-order valence-electron chi connectivity index (χ4n) is 5.98. The maximum Gasteiger partial charge on any atom is 0.416 e. The SMILES string of the molecule is Cc1cc(C)c2c(c1)C(N(Cc1cc(C(F)(F)F)cc(C(F)(F)F)c1)c1nnn(C)n1)CCCN2C[C@H]1CCCO1. The van der Waals surface area contributed by atoms with Gasteiger partial charge in [0, 0.05) is 31.9 Å². The first-order valence-corrected chi connectivity index (χ1v) is 13.6. The monoisotopic (exact) mass is 582 g/mol. The van der Waals surface area contributed by atoms with Gasteiger partial charge in [0.25, 0.3) is 5.95 Å². The van der Waals surface area contributed by atoms with Crippen molar-refractivity contribution in [3.05, 3.63) is 63.7 Å². The van der Waals surface area contributed by atoms with E-state index in [2.05, 4.69) is 26.4 Å². The average Bonchev–Trinajstić information content (AvgIpc) is 3.51. The number of hydrogen-bond donors (Lipinski definition) is 0. The smallest absolute Gasteiger partial charge is 0.376 e. The Kier molecular flexibility index (Phi) is 7.92. The second-order valence-corrected chi connectivity index (χ2v) is 10.9. The zero-order valence-corrected chi connectivity index (χ0v) is 23.1. The maximum absolute atomic E-state index is 13.7. The predicted molar refractivity (Wildman–Crippen MR) is 141 cm³/mol. The Hall–Kier alpha value is -3.35. The van der Waals surface area contributed by atoms with E-state index >= 15 is 0 Å². The molecule has 1 unspecified atom stereocenters. The van der Waals surface area contributed by atoms with Gasteiger partial charge in [-0.05, 0) is 79.6 Å². The number of alkyl halides is 6. The highest BCUT2D eigenvalue weighted by Gasteiger charge is 2.38. The van der Waals surface area contributed by atoms with Crippen LogP contribution in [0, 0.1) is 13.8 Å². The van der Waals surface area contributed by atoms with Crippen LogP contribution in [0.5, 0.6) is 0 Å². The zero-order chi connectivity index (χ0) is 29.5. The lowest BCUT2D eigenvalue weighted by molar-refractivity contribution is -0.143. The maximum atomic E-state index is 13.7. The second kappa shape index (κ2) is 11.1. The summed E-state index contributed by atoms with van der Waals surface area (Å²) in [7, 11) is 1.55. The highest BCUT2D eigenvalue weighted by atomic mass is 19.4. The average molecular weight is 583 g/mol. The molecule has 0 amide bonds. The summed E-state index contributed by atoms with van der Waals surface area (Å²) >= 11 is 0. The van der Waals surface area contributed by atoms with Crippen LogP contribution >= 0.6 is 0 Å². The number of rotatable bonds is 6. The molecule has 0 aliphatic carbocycles. The molecule has 0 saturated carbocycles. The molecule has 3 aromatic rings. The summed E-state index contributed by atoms with van der Waals surface area (Å²) in [5.41, 5.74) is 1.10. The topological polar surface area (TPSA) is 59.3 Å². The van der Waals surface area contributed by atoms with Crippen molar-refractivity contribution in [3.8, 4) is 0 Å². The van der Waals surface area contributed by atoms with Gasteiger partial charge in [0.05, 0.1) is 30.3 Å². The number of benzene rings is 2. The zero-order valence-electron chi connectivity index (χ0n) is 23.1. The molecule has 2 aliphatic heterocycles. The molecule has 41 heavy (non-hydrogen) atoms. The third-order valence-corrected chi connectivity index (χ3v) is 7.63. The van der Waals surface area contributed by atoms with Crippen molar-refractivity contribution in [2.45, 2.75) is 70.6 Å². The van der Waals surface area contributed by atoms with Crippen molar-refractivity contribution in [2.75, 3.05) is 29.5 Å². The van der Waals surface area contributed by atoms with E-state index < -0.39 is 29.5 Å². The number of tetrazole rings is 1.